The van der Waals surface area contributed by atoms with E-state index in [9.17, 15) is 9.90 Å². The van der Waals surface area contributed by atoms with Crippen molar-refractivity contribution in [1.82, 2.24) is 0 Å². The van der Waals surface area contributed by atoms with Crippen molar-refractivity contribution in [3.63, 3.8) is 0 Å². The van der Waals surface area contributed by atoms with Gasteiger partial charge < -0.3 is 10.2 Å². The van der Waals surface area contributed by atoms with Crippen LogP contribution in [0.2, 0.25) is 0 Å². The van der Waals surface area contributed by atoms with Crippen molar-refractivity contribution < 1.29 is 15.0 Å². The molecule has 2 N–H and O–H groups in total. The quantitative estimate of drug-likeness (QED) is 0.623. The molecule has 0 aromatic heterocycles. The molecule has 2 aromatic carbocycles. The Morgan fingerprint density at radius 1 is 0.897 bits per heavy atom. The van der Waals surface area contributed by atoms with Gasteiger partial charge in [0.25, 0.3) is 0 Å². The molecule has 4 aliphatic rings. The van der Waals surface area contributed by atoms with Crippen molar-refractivity contribution in [2.75, 3.05) is 0 Å². The minimum atomic E-state index is -0.895. The van der Waals surface area contributed by atoms with Gasteiger partial charge >= 0.3 is 5.97 Å². The maximum Gasteiger partial charge on any atom is 0.331 e. The molecule has 4 fully saturated rings. The second-order valence-electron chi connectivity index (χ2n) is 9.48. The lowest BCUT2D eigenvalue weighted by atomic mass is 9.50. The number of aromatic hydroxyl groups is 1. The number of rotatable bonds is 4. The highest BCUT2D eigenvalue weighted by Crippen LogP contribution is 2.60. The molecule has 0 heterocycles. The summed E-state index contributed by atoms with van der Waals surface area (Å²) in [4.78, 5) is 11.0. The number of aliphatic carboxylic acids is 1. The fraction of sp³-hybridized carbons (Fsp3) is 0.423. The lowest BCUT2D eigenvalue weighted by molar-refractivity contribution is -0.132. The average molecular weight is 389 g/mol. The van der Waals surface area contributed by atoms with E-state index in [1.54, 1.807) is 13.0 Å². The fourth-order valence-corrected chi connectivity index (χ4v) is 6.52. The molecule has 3 nitrogen and oxygen atoms in total. The molecular formula is C26H28O3. The molecular weight excluding hydrogens is 360 g/mol. The van der Waals surface area contributed by atoms with E-state index in [0.29, 0.717) is 17.2 Å². The number of phenolic OH excluding ortho intramolecular Hbond substituents is 1. The van der Waals surface area contributed by atoms with Crippen LogP contribution in [0.15, 0.2) is 48.0 Å². The van der Waals surface area contributed by atoms with Crippen LogP contribution in [0.4, 0.5) is 0 Å². The van der Waals surface area contributed by atoms with Gasteiger partial charge in [0.05, 0.1) is 0 Å². The predicted molar refractivity (Wildman–Crippen MR) is 115 cm³/mol. The van der Waals surface area contributed by atoms with E-state index >= 15 is 0 Å². The average Bonchev–Trinajstić information content (AvgIpc) is 2.69. The molecule has 150 valence electrons. The third-order valence-electron chi connectivity index (χ3n) is 7.58. The van der Waals surface area contributed by atoms with Crippen molar-refractivity contribution in [2.24, 2.45) is 23.7 Å². The van der Waals surface area contributed by atoms with Crippen LogP contribution in [0.25, 0.3) is 17.2 Å². The van der Waals surface area contributed by atoms with Crippen LogP contribution in [0, 0.1) is 23.7 Å². The lowest BCUT2D eigenvalue weighted by Gasteiger charge is -2.54. The fourth-order valence-electron chi connectivity index (χ4n) is 6.52. The Morgan fingerprint density at radius 2 is 1.48 bits per heavy atom. The number of phenols is 1. The minimum absolute atomic E-state index is 0.326. The highest BCUT2D eigenvalue weighted by molar-refractivity contribution is 5.91. The summed E-state index contributed by atoms with van der Waals surface area (Å²) in [5.41, 5.74) is 4.57. The molecule has 4 aliphatic carbocycles. The largest absolute Gasteiger partial charge is 0.508 e. The topological polar surface area (TPSA) is 57.5 Å². The third-order valence-corrected chi connectivity index (χ3v) is 7.58. The van der Waals surface area contributed by atoms with E-state index in [2.05, 4.69) is 6.07 Å². The molecule has 0 radical (unpaired) electrons. The Balaban J connectivity index is 1.44. The van der Waals surface area contributed by atoms with Crippen LogP contribution in [-0.2, 0) is 4.79 Å². The van der Waals surface area contributed by atoms with E-state index in [1.165, 1.54) is 32.1 Å². The Kier molecular flexibility index (Phi) is 4.49. The first-order valence-electron chi connectivity index (χ1n) is 10.8. The maximum absolute atomic E-state index is 11.0. The zero-order valence-electron chi connectivity index (χ0n) is 16.8. The number of carboxylic acids is 1. The first kappa shape index (κ1) is 18.5. The molecule has 0 spiro atoms. The molecule has 6 rings (SSSR count). The van der Waals surface area contributed by atoms with E-state index < -0.39 is 5.97 Å². The van der Waals surface area contributed by atoms with E-state index in [1.807, 2.05) is 36.4 Å². The van der Waals surface area contributed by atoms with Crippen LogP contribution in [0.1, 0.15) is 56.1 Å². The second kappa shape index (κ2) is 7.05. The third kappa shape index (κ3) is 3.37. The highest BCUT2D eigenvalue weighted by atomic mass is 16.4. The SMILES string of the molecule is CC(=Cc1ccc(-c2ccc(O)c(C3C4CC5CC(C4)CC3C5)c2)cc1)C(=O)O. The first-order valence-corrected chi connectivity index (χ1v) is 10.8. The summed E-state index contributed by atoms with van der Waals surface area (Å²) in [6.07, 6.45) is 8.48. The van der Waals surface area contributed by atoms with Gasteiger partial charge in [-0.3, -0.25) is 0 Å². The zero-order chi connectivity index (χ0) is 20.1. The van der Waals surface area contributed by atoms with Crippen molar-refractivity contribution in [2.45, 2.75) is 44.9 Å². The van der Waals surface area contributed by atoms with Crippen molar-refractivity contribution in [1.29, 1.82) is 0 Å². The minimum Gasteiger partial charge on any atom is -0.508 e. The summed E-state index contributed by atoms with van der Waals surface area (Å²) in [6.45, 7) is 1.60. The Morgan fingerprint density at radius 3 is 2.07 bits per heavy atom. The molecule has 4 saturated carbocycles. The maximum atomic E-state index is 11.0. The number of carbonyl (C=O) groups is 1. The molecule has 0 saturated heterocycles. The molecule has 0 unspecified atom stereocenters. The second-order valence-corrected chi connectivity index (χ2v) is 9.48. The molecule has 2 aromatic rings. The van der Waals surface area contributed by atoms with Gasteiger partial charge in [0, 0.05) is 5.57 Å². The van der Waals surface area contributed by atoms with Gasteiger partial charge in [-0.05, 0) is 109 Å². The van der Waals surface area contributed by atoms with Crippen molar-refractivity contribution in [3.8, 4) is 16.9 Å². The first-order chi connectivity index (χ1) is 14.0. The van der Waals surface area contributed by atoms with Crippen LogP contribution in [0.5, 0.6) is 5.75 Å². The molecule has 0 amide bonds. The Labute approximate surface area is 172 Å². The summed E-state index contributed by atoms with van der Waals surface area (Å²) >= 11 is 0. The lowest BCUT2D eigenvalue weighted by Crippen LogP contribution is -2.43. The molecule has 0 aliphatic heterocycles. The molecule has 3 heteroatoms. The van der Waals surface area contributed by atoms with Crippen molar-refractivity contribution in [3.05, 3.63) is 59.2 Å². The number of hydrogen-bond acceptors (Lipinski definition) is 2. The van der Waals surface area contributed by atoms with Gasteiger partial charge in [0.15, 0.2) is 0 Å². The van der Waals surface area contributed by atoms with Gasteiger partial charge in [-0.25, -0.2) is 4.79 Å². The molecule has 29 heavy (non-hydrogen) atoms. The van der Waals surface area contributed by atoms with Gasteiger partial charge in [0.1, 0.15) is 5.75 Å². The molecule has 0 atom stereocenters. The van der Waals surface area contributed by atoms with Gasteiger partial charge in [0.2, 0.25) is 0 Å². The van der Waals surface area contributed by atoms with Gasteiger partial charge in [-0.2, -0.15) is 0 Å². The van der Waals surface area contributed by atoms with E-state index in [-0.39, 0.29) is 0 Å². The monoisotopic (exact) mass is 388 g/mol. The van der Waals surface area contributed by atoms with Crippen LogP contribution in [-0.4, -0.2) is 16.2 Å². The van der Waals surface area contributed by atoms with E-state index in [0.717, 1.165) is 45.9 Å². The smallest absolute Gasteiger partial charge is 0.331 e. The summed E-state index contributed by atoms with van der Waals surface area (Å²) < 4.78 is 0. The summed E-state index contributed by atoms with van der Waals surface area (Å²) in [7, 11) is 0. The molecule has 4 bridgehead atoms. The van der Waals surface area contributed by atoms with Crippen molar-refractivity contribution >= 4 is 12.0 Å². The zero-order valence-corrected chi connectivity index (χ0v) is 16.8. The predicted octanol–water partition coefficient (Wildman–Crippen LogP) is 6.09. The van der Waals surface area contributed by atoms with Gasteiger partial charge in [-0.15, -0.1) is 0 Å². The standard InChI is InChI=1S/C26H28O3/c1-15(26(28)29)8-16-2-4-19(5-3-16)20-6-7-24(27)23(14-20)25-21-10-17-9-18(12-21)13-22(25)11-17/h2-8,14,17-18,21-22,25,27H,9-13H2,1H3,(H,28,29). The Bertz CT molecular complexity index is 942. The van der Waals surface area contributed by atoms with Crippen LogP contribution >= 0.6 is 0 Å². The van der Waals surface area contributed by atoms with E-state index in [4.69, 9.17) is 5.11 Å². The van der Waals surface area contributed by atoms with Crippen LogP contribution in [0.3, 0.4) is 0 Å². The normalized spacial score (nSPS) is 30.5. The highest BCUT2D eigenvalue weighted by Gasteiger charge is 2.49. The number of hydrogen-bond donors (Lipinski definition) is 2. The van der Waals surface area contributed by atoms with Crippen LogP contribution < -0.4 is 0 Å². The summed E-state index contributed by atoms with van der Waals surface area (Å²) in [5, 5.41) is 19.7. The van der Waals surface area contributed by atoms with Gasteiger partial charge in [-0.1, -0.05) is 30.3 Å². The number of carboxylic acid groups (broad SMARTS) is 1. The Hall–Kier alpha value is -2.55. The summed E-state index contributed by atoms with van der Waals surface area (Å²) in [5.74, 6) is 3.37. The number of benzene rings is 2. The summed E-state index contributed by atoms with van der Waals surface area (Å²) in [6, 6.07) is 14.0.